The Balaban J connectivity index is 1.77. The summed E-state index contributed by atoms with van der Waals surface area (Å²) in [6.45, 7) is 2.27. The smallest absolute Gasteiger partial charge is 0.147 e. The summed E-state index contributed by atoms with van der Waals surface area (Å²) >= 11 is 0. The van der Waals surface area contributed by atoms with E-state index in [0.29, 0.717) is 6.61 Å². The molecule has 0 aromatic carbocycles. The lowest BCUT2D eigenvalue weighted by atomic mass is 10.2. The van der Waals surface area contributed by atoms with Crippen molar-refractivity contribution in [3.8, 4) is 0 Å². The predicted molar refractivity (Wildman–Crippen MR) is 67.2 cm³/mol. The minimum Gasteiger partial charge on any atom is -0.368 e. The summed E-state index contributed by atoms with van der Waals surface area (Å²) in [5.41, 5.74) is 0.964. The first kappa shape index (κ1) is 11.1. The Hall–Kier alpha value is -2.01. The molecule has 0 spiro atoms. The van der Waals surface area contributed by atoms with Crippen molar-refractivity contribution >= 4 is 5.82 Å². The van der Waals surface area contributed by atoms with Crippen LogP contribution in [0.5, 0.6) is 0 Å². The molecule has 1 saturated heterocycles. The van der Waals surface area contributed by atoms with Gasteiger partial charge in [0.05, 0.1) is 25.0 Å². The van der Waals surface area contributed by atoms with Gasteiger partial charge in [0, 0.05) is 25.1 Å². The number of pyridine rings is 1. The highest BCUT2D eigenvalue weighted by molar-refractivity contribution is 5.36. The van der Waals surface area contributed by atoms with Gasteiger partial charge in [0.25, 0.3) is 0 Å². The quantitative estimate of drug-likeness (QED) is 0.797. The normalized spacial score (nSPS) is 19.8. The van der Waals surface area contributed by atoms with Crippen molar-refractivity contribution in [3.05, 3.63) is 48.7 Å². The van der Waals surface area contributed by atoms with E-state index < -0.39 is 0 Å². The van der Waals surface area contributed by atoms with Crippen molar-refractivity contribution in [2.24, 2.45) is 0 Å². The van der Waals surface area contributed by atoms with Gasteiger partial charge in [0.15, 0.2) is 0 Å². The van der Waals surface area contributed by atoms with Gasteiger partial charge in [0.2, 0.25) is 0 Å². The van der Waals surface area contributed by atoms with E-state index in [4.69, 9.17) is 4.74 Å². The zero-order valence-electron chi connectivity index (χ0n) is 9.94. The standard InChI is InChI=1S/C13H14N4O/c1-2-4-15-11(3-1)12-10-17(7-8-18-12)13-9-14-5-6-16-13/h1-6,9,12H,7-8,10H2/t12-/m1/s1. The van der Waals surface area contributed by atoms with Crippen molar-refractivity contribution in [2.45, 2.75) is 6.10 Å². The van der Waals surface area contributed by atoms with Crippen LogP contribution in [0.4, 0.5) is 5.82 Å². The summed E-state index contributed by atoms with van der Waals surface area (Å²) < 4.78 is 5.76. The molecular weight excluding hydrogens is 228 g/mol. The fourth-order valence-corrected chi connectivity index (χ4v) is 2.06. The number of anilines is 1. The lowest BCUT2D eigenvalue weighted by molar-refractivity contribution is 0.0367. The summed E-state index contributed by atoms with van der Waals surface area (Å²) in [6.07, 6.45) is 6.96. The molecule has 1 atom stereocenters. The van der Waals surface area contributed by atoms with Crippen LogP contribution in [0, 0.1) is 0 Å². The van der Waals surface area contributed by atoms with Gasteiger partial charge in [-0.25, -0.2) is 4.98 Å². The van der Waals surface area contributed by atoms with E-state index in [9.17, 15) is 0 Å². The molecule has 0 bridgehead atoms. The molecule has 2 aromatic rings. The number of rotatable bonds is 2. The molecule has 92 valence electrons. The maximum Gasteiger partial charge on any atom is 0.147 e. The third-order valence-electron chi connectivity index (χ3n) is 2.96. The molecule has 0 amide bonds. The molecule has 1 aliphatic rings. The van der Waals surface area contributed by atoms with E-state index in [-0.39, 0.29) is 6.10 Å². The second-order valence-electron chi connectivity index (χ2n) is 4.12. The van der Waals surface area contributed by atoms with Crippen LogP contribution in [-0.4, -0.2) is 34.6 Å². The predicted octanol–water partition coefficient (Wildman–Crippen LogP) is 1.45. The Morgan fingerprint density at radius 2 is 2.17 bits per heavy atom. The van der Waals surface area contributed by atoms with Gasteiger partial charge >= 0.3 is 0 Å². The molecule has 3 heterocycles. The Bertz CT molecular complexity index is 445. The second-order valence-corrected chi connectivity index (χ2v) is 4.12. The zero-order chi connectivity index (χ0) is 12.2. The van der Waals surface area contributed by atoms with Gasteiger partial charge in [0.1, 0.15) is 11.9 Å². The van der Waals surface area contributed by atoms with Crippen LogP contribution in [-0.2, 0) is 4.74 Å². The van der Waals surface area contributed by atoms with Crippen molar-refractivity contribution in [2.75, 3.05) is 24.6 Å². The number of nitrogens with zero attached hydrogens (tertiary/aromatic N) is 4. The molecule has 0 radical (unpaired) electrons. The van der Waals surface area contributed by atoms with Gasteiger partial charge in [-0.1, -0.05) is 6.07 Å². The van der Waals surface area contributed by atoms with E-state index >= 15 is 0 Å². The summed E-state index contributed by atoms with van der Waals surface area (Å²) in [7, 11) is 0. The van der Waals surface area contributed by atoms with Crippen LogP contribution in [0.15, 0.2) is 43.0 Å². The van der Waals surface area contributed by atoms with Gasteiger partial charge < -0.3 is 9.64 Å². The highest BCUT2D eigenvalue weighted by Crippen LogP contribution is 2.22. The van der Waals surface area contributed by atoms with Crippen molar-refractivity contribution in [1.82, 2.24) is 15.0 Å². The van der Waals surface area contributed by atoms with Crippen LogP contribution < -0.4 is 4.90 Å². The second kappa shape index (κ2) is 5.10. The molecule has 5 heteroatoms. The Morgan fingerprint density at radius 3 is 2.94 bits per heavy atom. The minimum absolute atomic E-state index is 0.00181. The number of aromatic nitrogens is 3. The number of hydrogen-bond donors (Lipinski definition) is 0. The molecule has 0 N–H and O–H groups in total. The van der Waals surface area contributed by atoms with Gasteiger partial charge in [-0.3, -0.25) is 9.97 Å². The summed E-state index contributed by atoms with van der Waals surface area (Å²) in [6, 6.07) is 5.88. The average Bonchev–Trinajstić information content (AvgIpc) is 2.49. The zero-order valence-corrected chi connectivity index (χ0v) is 9.94. The number of ether oxygens (including phenoxy) is 1. The number of hydrogen-bond acceptors (Lipinski definition) is 5. The maximum atomic E-state index is 5.76. The molecular formula is C13H14N4O. The van der Waals surface area contributed by atoms with Crippen LogP contribution in [0.2, 0.25) is 0 Å². The third-order valence-corrected chi connectivity index (χ3v) is 2.96. The first-order chi connectivity index (χ1) is 8.93. The van der Waals surface area contributed by atoms with Crippen molar-refractivity contribution < 1.29 is 4.74 Å². The topological polar surface area (TPSA) is 51.1 Å². The van der Waals surface area contributed by atoms with Gasteiger partial charge in [-0.2, -0.15) is 0 Å². The summed E-state index contributed by atoms with van der Waals surface area (Å²) in [5, 5.41) is 0. The molecule has 0 unspecified atom stereocenters. The highest BCUT2D eigenvalue weighted by Gasteiger charge is 2.23. The highest BCUT2D eigenvalue weighted by atomic mass is 16.5. The Kier molecular flexibility index (Phi) is 3.14. The Morgan fingerprint density at radius 1 is 1.17 bits per heavy atom. The molecule has 3 rings (SSSR count). The summed E-state index contributed by atoms with van der Waals surface area (Å²) in [5.74, 6) is 0.890. The molecule has 1 fully saturated rings. The third kappa shape index (κ3) is 2.31. The first-order valence-electron chi connectivity index (χ1n) is 5.97. The SMILES string of the molecule is c1ccc([C@H]2CN(c3cnccn3)CCO2)nc1. The lowest BCUT2D eigenvalue weighted by Crippen LogP contribution is -2.39. The fraction of sp³-hybridized carbons (Fsp3) is 0.308. The first-order valence-corrected chi connectivity index (χ1v) is 5.97. The lowest BCUT2D eigenvalue weighted by Gasteiger charge is -2.33. The summed E-state index contributed by atoms with van der Waals surface area (Å²) in [4.78, 5) is 14.9. The molecule has 0 aliphatic carbocycles. The van der Waals surface area contributed by atoms with E-state index in [2.05, 4.69) is 19.9 Å². The monoisotopic (exact) mass is 242 g/mol. The van der Waals surface area contributed by atoms with E-state index in [1.54, 1.807) is 24.8 Å². The largest absolute Gasteiger partial charge is 0.368 e. The van der Waals surface area contributed by atoms with Crippen molar-refractivity contribution in [1.29, 1.82) is 0 Å². The van der Waals surface area contributed by atoms with Crippen molar-refractivity contribution in [3.63, 3.8) is 0 Å². The maximum absolute atomic E-state index is 5.76. The molecule has 1 aliphatic heterocycles. The fourth-order valence-electron chi connectivity index (χ4n) is 2.06. The molecule has 2 aromatic heterocycles. The molecule has 18 heavy (non-hydrogen) atoms. The van der Waals surface area contributed by atoms with Crippen LogP contribution in [0.3, 0.4) is 0 Å². The van der Waals surface area contributed by atoms with E-state index in [1.165, 1.54) is 0 Å². The van der Waals surface area contributed by atoms with Crippen LogP contribution in [0.25, 0.3) is 0 Å². The van der Waals surface area contributed by atoms with Crippen LogP contribution in [0.1, 0.15) is 11.8 Å². The Labute approximate surface area is 105 Å². The van der Waals surface area contributed by atoms with Gasteiger partial charge in [-0.15, -0.1) is 0 Å². The number of morpholine rings is 1. The molecule has 0 saturated carbocycles. The molecule has 5 nitrogen and oxygen atoms in total. The van der Waals surface area contributed by atoms with E-state index in [1.807, 2.05) is 18.2 Å². The minimum atomic E-state index is 0.00181. The average molecular weight is 242 g/mol. The van der Waals surface area contributed by atoms with Gasteiger partial charge in [-0.05, 0) is 12.1 Å². The van der Waals surface area contributed by atoms with E-state index in [0.717, 1.165) is 24.6 Å². The van der Waals surface area contributed by atoms with Crippen LogP contribution >= 0.6 is 0 Å².